The van der Waals surface area contributed by atoms with E-state index in [0.29, 0.717) is 12.2 Å². The fraction of sp³-hybridized carbons (Fsp3) is 0.235. The summed E-state index contributed by atoms with van der Waals surface area (Å²) in [5.41, 5.74) is 9.86. The largest absolute Gasteiger partial charge is 0.478 e. The SMILES string of the molecule is Nc1cccc(CN2CCc3ccccc3C2)c1C(=O)O. The van der Waals surface area contributed by atoms with Gasteiger partial charge in [0.2, 0.25) is 0 Å². The van der Waals surface area contributed by atoms with Gasteiger partial charge in [-0.05, 0) is 29.2 Å². The molecule has 0 radical (unpaired) electrons. The van der Waals surface area contributed by atoms with Crippen molar-refractivity contribution >= 4 is 11.7 Å². The summed E-state index contributed by atoms with van der Waals surface area (Å²) in [5.74, 6) is -0.958. The van der Waals surface area contributed by atoms with Crippen LogP contribution in [0.4, 0.5) is 5.69 Å². The molecule has 0 fully saturated rings. The van der Waals surface area contributed by atoms with Gasteiger partial charge in [0.25, 0.3) is 0 Å². The van der Waals surface area contributed by atoms with E-state index in [-0.39, 0.29) is 5.56 Å². The van der Waals surface area contributed by atoms with Crippen LogP contribution in [0.3, 0.4) is 0 Å². The number of carbonyl (C=O) groups is 1. The first-order valence-electron chi connectivity index (χ1n) is 7.05. The minimum atomic E-state index is -0.958. The standard InChI is InChI=1S/C17H18N2O2/c18-15-7-3-6-14(16(15)17(20)21)11-19-9-8-12-4-1-2-5-13(12)10-19/h1-7H,8-11,18H2,(H,20,21). The van der Waals surface area contributed by atoms with Crippen LogP contribution in [0.5, 0.6) is 0 Å². The van der Waals surface area contributed by atoms with Crippen LogP contribution in [0.15, 0.2) is 42.5 Å². The Morgan fingerprint density at radius 2 is 1.90 bits per heavy atom. The van der Waals surface area contributed by atoms with Crippen molar-refractivity contribution in [2.24, 2.45) is 0 Å². The van der Waals surface area contributed by atoms with Gasteiger partial charge in [0, 0.05) is 25.3 Å². The quantitative estimate of drug-likeness (QED) is 0.849. The number of aromatic carboxylic acids is 1. The number of nitrogens with two attached hydrogens (primary N) is 1. The van der Waals surface area contributed by atoms with Gasteiger partial charge in [-0.2, -0.15) is 0 Å². The molecule has 1 aliphatic heterocycles. The summed E-state index contributed by atoms with van der Waals surface area (Å²) in [6.45, 7) is 2.40. The summed E-state index contributed by atoms with van der Waals surface area (Å²) in [7, 11) is 0. The molecule has 3 rings (SSSR count). The number of nitrogens with zero attached hydrogens (tertiary/aromatic N) is 1. The van der Waals surface area contributed by atoms with Gasteiger partial charge in [-0.1, -0.05) is 36.4 Å². The first kappa shape index (κ1) is 13.6. The van der Waals surface area contributed by atoms with Crippen molar-refractivity contribution in [3.63, 3.8) is 0 Å². The topological polar surface area (TPSA) is 66.6 Å². The van der Waals surface area contributed by atoms with E-state index in [1.165, 1.54) is 11.1 Å². The van der Waals surface area contributed by atoms with E-state index < -0.39 is 5.97 Å². The maximum atomic E-state index is 11.4. The van der Waals surface area contributed by atoms with E-state index in [4.69, 9.17) is 5.73 Å². The second-order valence-corrected chi connectivity index (χ2v) is 5.42. The van der Waals surface area contributed by atoms with Crippen LogP contribution in [-0.4, -0.2) is 22.5 Å². The first-order chi connectivity index (χ1) is 10.1. The average molecular weight is 282 g/mol. The number of hydrogen-bond acceptors (Lipinski definition) is 3. The number of fused-ring (bicyclic) bond motifs is 1. The van der Waals surface area contributed by atoms with Crippen molar-refractivity contribution < 1.29 is 9.90 Å². The monoisotopic (exact) mass is 282 g/mol. The van der Waals surface area contributed by atoms with Crippen LogP contribution in [0.25, 0.3) is 0 Å². The second kappa shape index (κ2) is 5.58. The highest BCUT2D eigenvalue weighted by molar-refractivity contribution is 5.95. The van der Waals surface area contributed by atoms with Gasteiger partial charge in [-0.15, -0.1) is 0 Å². The Labute approximate surface area is 123 Å². The molecule has 0 atom stereocenters. The number of carboxylic acids is 1. The Bertz CT molecular complexity index is 682. The van der Waals surface area contributed by atoms with Gasteiger partial charge in [0.15, 0.2) is 0 Å². The lowest BCUT2D eigenvalue weighted by Gasteiger charge is -2.29. The number of nitrogen functional groups attached to an aromatic ring is 1. The van der Waals surface area contributed by atoms with Crippen LogP contribution in [0, 0.1) is 0 Å². The van der Waals surface area contributed by atoms with Crippen LogP contribution in [0.2, 0.25) is 0 Å². The molecule has 0 saturated carbocycles. The Morgan fingerprint density at radius 1 is 1.14 bits per heavy atom. The summed E-state index contributed by atoms with van der Waals surface area (Å²) in [6.07, 6.45) is 1.00. The minimum Gasteiger partial charge on any atom is -0.478 e. The lowest BCUT2D eigenvalue weighted by Crippen LogP contribution is -2.30. The number of rotatable bonds is 3. The van der Waals surface area contributed by atoms with Crippen molar-refractivity contribution in [3.8, 4) is 0 Å². The number of carboxylic acid groups (broad SMARTS) is 1. The third kappa shape index (κ3) is 2.76. The molecular formula is C17H18N2O2. The predicted molar refractivity (Wildman–Crippen MR) is 82.1 cm³/mol. The molecule has 21 heavy (non-hydrogen) atoms. The van der Waals surface area contributed by atoms with E-state index >= 15 is 0 Å². The van der Waals surface area contributed by atoms with Crippen molar-refractivity contribution in [1.29, 1.82) is 0 Å². The molecule has 4 nitrogen and oxygen atoms in total. The summed E-state index contributed by atoms with van der Waals surface area (Å²) in [6, 6.07) is 13.7. The van der Waals surface area contributed by atoms with Crippen molar-refractivity contribution in [2.45, 2.75) is 19.5 Å². The Balaban J connectivity index is 1.83. The third-order valence-electron chi connectivity index (χ3n) is 4.00. The lowest BCUT2D eigenvalue weighted by atomic mass is 9.98. The zero-order chi connectivity index (χ0) is 14.8. The molecule has 0 saturated heterocycles. The molecule has 2 aromatic rings. The van der Waals surface area contributed by atoms with Crippen LogP contribution >= 0.6 is 0 Å². The smallest absolute Gasteiger partial charge is 0.338 e. The highest BCUT2D eigenvalue weighted by Gasteiger charge is 2.19. The zero-order valence-corrected chi connectivity index (χ0v) is 11.7. The van der Waals surface area contributed by atoms with Crippen molar-refractivity contribution in [2.75, 3.05) is 12.3 Å². The Kier molecular flexibility index (Phi) is 3.62. The zero-order valence-electron chi connectivity index (χ0n) is 11.7. The Hall–Kier alpha value is -2.33. The fourth-order valence-electron chi connectivity index (χ4n) is 2.94. The molecule has 2 aromatic carbocycles. The summed E-state index contributed by atoms with van der Waals surface area (Å²) in [4.78, 5) is 13.7. The van der Waals surface area contributed by atoms with Crippen molar-refractivity contribution in [1.82, 2.24) is 4.90 Å². The van der Waals surface area contributed by atoms with Crippen LogP contribution in [-0.2, 0) is 19.5 Å². The van der Waals surface area contributed by atoms with Gasteiger partial charge < -0.3 is 10.8 Å². The van der Waals surface area contributed by atoms with Gasteiger partial charge in [-0.3, -0.25) is 4.90 Å². The third-order valence-corrected chi connectivity index (χ3v) is 4.00. The minimum absolute atomic E-state index is 0.233. The van der Waals surface area contributed by atoms with Gasteiger partial charge >= 0.3 is 5.97 Å². The number of benzene rings is 2. The molecule has 1 heterocycles. The molecular weight excluding hydrogens is 264 g/mol. The highest BCUT2D eigenvalue weighted by atomic mass is 16.4. The van der Waals surface area contributed by atoms with E-state index in [1.54, 1.807) is 6.07 Å². The van der Waals surface area contributed by atoms with E-state index in [1.807, 2.05) is 18.2 Å². The molecule has 1 aliphatic rings. The van der Waals surface area contributed by atoms with E-state index in [9.17, 15) is 9.90 Å². The number of hydrogen-bond donors (Lipinski definition) is 2. The number of anilines is 1. The maximum absolute atomic E-state index is 11.4. The van der Waals surface area contributed by atoms with Gasteiger partial charge in [-0.25, -0.2) is 4.79 Å². The molecule has 0 amide bonds. The van der Waals surface area contributed by atoms with E-state index in [0.717, 1.165) is 25.1 Å². The molecule has 4 heteroatoms. The lowest BCUT2D eigenvalue weighted by molar-refractivity contribution is 0.0695. The van der Waals surface area contributed by atoms with Gasteiger partial charge in [0.05, 0.1) is 5.56 Å². The van der Waals surface area contributed by atoms with E-state index in [2.05, 4.69) is 23.1 Å². The fourth-order valence-corrected chi connectivity index (χ4v) is 2.94. The highest BCUT2D eigenvalue weighted by Crippen LogP contribution is 2.23. The van der Waals surface area contributed by atoms with Gasteiger partial charge in [0.1, 0.15) is 0 Å². The van der Waals surface area contributed by atoms with Crippen LogP contribution in [0.1, 0.15) is 27.0 Å². The predicted octanol–water partition coefficient (Wildman–Crippen LogP) is 2.53. The molecule has 108 valence electrons. The first-order valence-corrected chi connectivity index (χ1v) is 7.05. The maximum Gasteiger partial charge on any atom is 0.338 e. The molecule has 0 unspecified atom stereocenters. The summed E-state index contributed by atoms with van der Waals surface area (Å²) in [5, 5.41) is 9.34. The molecule has 0 aliphatic carbocycles. The Morgan fingerprint density at radius 3 is 2.67 bits per heavy atom. The molecule has 0 aromatic heterocycles. The normalized spacial score (nSPS) is 14.7. The molecule has 0 bridgehead atoms. The second-order valence-electron chi connectivity index (χ2n) is 5.42. The molecule has 0 spiro atoms. The molecule has 3 N–H and O–H groups in total. The summed E-state index contributed by atoms with van der Waals surface area (Å²) >= 11 is 0. The average Bonchev–Trinajstić information content (AvgIpc) is 2.47. The summed E-state index contributed by atoms with van der Waals surface area (Å²) < 4.78 is 0. The van der Waals surface area contributed by atoms with Crippen molar-refractivity contribution in [3.05, 3.63) is 64.7 Å². The van der Waals surface area contributed by atoms with Crippen LogP contribution < -0.4 is 5.73 Å².